The molecule has 0 radical (unpaired) electrons. The van der Waals surface area contributed by atoms with Crippen molar-refractivity contribution in [2.24, 2.45) is 0 Å². The summed E-state index contributed by atoms with van der Waals surface area (Å²) in [4.78, 5) is 26.7. The number of amides is 2. The Kier molecular flexibility index (Phi) is 4.81. The summed E-state index contributed by atoms with van der Waals surface area (Å²) in [7, 11) is 1.61. The Morgan fingerprint density at radius 2 is 2.00 bits per heavy atom. The van der Waals surface area contributed by atoms with Crippen molar-refractivity contribution in [2.75, 3.05) is 26.7 Å². The number of hydrogen-bond donors (Lipinski definition) is 2. The Morgan fingerprint density at radius 3 is 2.74 bits per heavy atom. The Bertz CT molecular complexity index is 584. The van der Waals surface area contributed by atoms with Gasteiger partial charge in [0.2, 0.25) is 11.8 Å². The zero-order valence-corrected chi connectivity index (χ0v) is 13.4. The van der Waals surface area contributed by atoms with Gasteiger partial charge in [0.1, 0.15) is 5.75 Å². The Labute approximate surface area is 136 Å². The van der Waals surface area contributed by atoms with Gasteiger partial charge >= 0.3 is 0 Å². The van der Waals surface area contributed by atoms with Crippen LogP contribution in [-0.2, 0) is 9.59 Å². The maximum Gasteiger partial charge on any atom is 0.240 e. The van der Waals surface area contributed by atoms with Crippen LogP contribution >= 0.6 is 0 Å². The second kappa shape index (κ2) is 7.00. The van der Waals surface area contributed by atoms with Crippen LogP contribution < -0.4 is 15.4 Å². The van der Waals surface area contributed by atoms with E-state index in [0.29, 0.717) is 6.42 Å². The number of hydrogen-bond acceptors (Lipinski definition) is 4. The highest BCUT2D eigenvalue weighted by molar-refractivity contribution is 5.88. The first-order valence-corrected chi connectivity index (χ1v) is 8.11. The third-order valence-corrected chi connectivity index (χ3v) is 4.59. The van der Waals surface area contributed by atoms with Crippen LogP contribution in [0.1, 0.15) is 30.9 Å². The Morgan fingerprint density at radius 1 is 1.22 bits per heavy atom. The molecule has 3 rings (SSSR count). The van der Waals surface area contributed by atoms with E-state index in [1.54, 1.807) is 12.0 Å². The van der Waals surface area contributed by atoms with E-state index in [-0.39, 0.29) is 30.4 Å². The highest BCUT2D eigenvalue weighted by Gasteiger charge is 2.33. The van der Waals surface area contributed by atoms with E-state index < -0.39 is 0 Å². The third-order valence-electron chi connectivity index (χ3n) is 4.59. The van der Waals surface area contributed by atoms with Gasteiger partial charge in [-0.3, -0.25) is 9.59 Å². The Hall–Kier alpha value is -2.08. The molecule has 0 spiro atoms. The molecule has 6 heteroatoms. The minimum atomic E-state index is -0.295. The molecule has 1 aromatic carbocycles. The molecule has 0 aromatic heterocycles. The lowest BCUT2D eigenvalue weighted by atomic mass is 10.0. The van der Waals surface area contributed by atoms with E-state index in [9.17, 15) is 9.59 Å². The molecule has 23 heavy (non-hydrogen) atoms. The number of carbonyl (C=O) groups excluding carboxylic acids is 2. The molecule has 1 unspecified atom stereocenters. The minimum absolute atomic E-state index is 0.0445. The lowest BCUT2D eigenvalue weighted by molar-refractivity contribution is -0.136. The summed E-state index contributed by atoms with van der Waals surface area (Å²) in [6.07, 6.45) is 2.11. The van der Waals surface area contributed by atoms with Gasteiger partial charge in [-0.2, -0.15) is 0 Å². The first kappa shape index (κ1) is 15.8. The van der Waals surface area contributed by atoms with Gasteiger partial charge in [0.15, 0.2) is 0 Å². The molecule has 124 valence electrons. The number of benzene rings is 1. The first-order chi connectivity index (χ1) is 11.2. The van der Waals surface area contributed by atoms with Crippen molar-refractivity contribution in [2.45, 2.75) is 31.3 Å². The summed E-state index contributed by atoms with van der Waals surface area (Å²) in [5.41, 5.74) is 0.901. The smallest absolute Gasteiger partial charge is 0.240 e. The lowest BCUT2D eigenvalue weighted by Crippen LogP contribution is -2.47. The van der Waals surface area contributed by atoms with Crippen LogP contribution in [0, 0.1) is 0 Å². The lowest BCUT2D eigenvalue weighted by Gasteiger charge is -2.33. The van der Waals surface area contributed by atoms with Crippen molar-refractivity contribution in [3.05, 3.63) is 29.8 Å². The monoisotopic (exact) mass is 317 g/mol. The maximum atomic E-state index is 12.7. The van der Waals surface area contributed by atoms with Crippen molar-refractivity contribution >= 4 is 11.8 Å². The normalized spacial score (nSPS) is 23.3. The zero-order valence-electron chi connectivity index (χ0n) is 13.4. The summed E-state index contributed by atoms with van der Waals surface area (Å²) in [6, 6.07) is 7.39. The van der Waals surface area contributed by atoms with E-state index >= 15 is 0 Å². The fourth-order valence-electron chi connectivity index (χ4n) is 3.34. The van der Waals surface area contributed by atoms with Crippen LogP contribution in [0.15, 0.2) is 24.3 Å². The SMILES string of the molecule is COc1cccc(C2CC(=O)N(C3CCNCC3)CC(=O)N2)c1. The molecule has 0 aliphatic carbocycles. The van der Waals surface area contributed by atoms with Crippen molar-refractivity contribution in [3.8, 4) is 5.75 Å². The van der Waals surface area contributed by atoms with Crippen LogP contribution in [0.25, 0.3) is 0 Å². The molecule has 2 heterocycles. The molecular weight excluding hydrogens is 294 g/mol. The average molecular weight is 317 g/mol. The van der Waals surface area contributed by atoms with Crippen LogP contribution in [0.4, 0.5) is 0 Å². The number of carbonyl (C=O) groups is 2. The molecule has 2 N–H and O–H groups in total. The van der Waals surface area contributed by atoms with Crippen LogP contribution in [-0.4, -0.2) is 49.5 Å². The van der Waals surface area contributed by atoms with Gasteiger partial charge in [-0.05, 0) is 43.6 Å². The van der Waals surface area contributed by atoms with Crippen LogP contribution in [0.3, 0.4) is 0 Å². The summed E-state index contributed by atoms with van der Waals surface area (Å²) in [6.45, 7) is 1.95. The van der Waals surface area contributed by atoms with Gasteiger partial charge in [-0.25, -0.2) is 0 Å². The maximum absolute atomic E-state index is 12.7. The van der Waals surface area contributed by atoms with E-state index in [4.69, 9.17) is 4.74 Å². The van der Waals surface area contributed by atoms with E-state index in [1.165, 1.54) is 0 Å². The quantitative estimate of drug-likeness (QED) is 0.866. The molecule has 2 amide bonds. The highest BCUT2D eigenvalue weighted by atomic mass is 16.5. The van der Waals surface area contributed by atoms with Crippen LogP contribution in [0.2, 0.25) is 0 Å². The standard InChI is InChI=1S/C17H23N3O3/c1-23-14-4-2-3-12(9-14)15-10-17(22)20(11-16(21)19-15)13-5-7-18-8-6-13/h2-4,9,13,15,18H,5-8,10-11H2,1H3,(H,19,21). The van der Waals surface area contributed by atoms with E-state index in [1.807, 2.05) is 24.3 Å². The molecule has 0 saturated carbocycles. The largest absolute Gasteiger partial charge is 0.497 e. The molecule has 2 aliphatic heterocycles. The second-order valence-corrected chi connectivity index (χ2v) is 6.10. The number of ether oxygens (including phenoxy) is 1. The molecule has 6 nitrogen and oxygen atoms in total. The predicted molar refractivity (Wildman–Crippen MR) is 86.1 cm³/mol. The van der Waals surface area contributed by atoms with Gasteiger partial charge in [0.05, 0.1) is 26.1 Å². The van der Waals surface area contributed by atoms with Gasteiger partial charge in [0, 0.05) is 6.04 Å². The molecule has 2 aliphatic rings. The van der Waals surface area contributed by atoms with Crippen molar-refractivity contribution in [1.82, 2.24) is 15.5 Å². The summed E-state index contributed by atoms with van der Waals surface area (Å²) >= 11 is 0. The van der Waals surface area contributed by atoms with Crippen molar-refractivity contribution < 1.29 is 14.3 Å². The summed E-state index contributed by atoms with van der Waals surface area (Å²) in [5, 5.41) is 6.26. The van der Waals surface area contributed by atoms with Crippen molar-refractivity contribution in [1.29, 1.82) is 0 Å². The fourth-order valence-corrected chi connectivity index (χ4v) is 3.34. The molecule has 0 bridgehead atoms. The molecular formula is C17H23N3O3. The predicted octanol–water partition coefficient (Wildman–Crippen LogP) is 0.837. The van der Waals surface area contributed by atoms with Gasteiger partial charge < -0.3 is 20.3 Å². The molecule has 2 fully saturated rings. The van der Waals surface area contributed by atoms with E-state index in [2.05, 4.69) is 10.6 Å². The number of rotatable bonds is 3. The molecule has 1 atom stereocenters. The molecule has 1 aromatic rings. The number of piperidine rings is 1. The van der Waals surface area contributed by atoms with Gasteiger partial charge in [-0.1, -0.05) is 12.1 Å². The third kappa shape index (κ3) is 3.64. The van der Waals surface area contributed by atoms with E-state index in [0.717, 1.165) is 37.2 Å². The average Bonchev–Trinajstić information content (AvgIpc) is 2.74. The second-order valence-electron chi connectivity index (χ2n) is 6.10. The number of nitrogens with one attached hydrogen (secondary N) is 2. The Balaban J connectivity index is 1.77. The minimum Gasteiger partial charge on any atom is -0.497 e. The number of nitrogens with zero attached hydrogens (tertiary/aromatic N) is 1. The summed E-state index contributed by atoms with van der Waals surface area (Å²) in [5.74, 6) is 0.675. The summed E-state index contributed by atoms with van der Waals surface area (Å²) < 4.78 is 5.23. The van der Waals surface area contributed by atoms with Crippen molar-refractivity contribution in [3.63, 3.8) is 0 Å². The van der Waals surface area contributed by atoms with Gasteiger partial charge in [0.25, 0.3) is 0 Å². The topological polar surface area (TPSA) is 70.7 Å². The first-order valence-electron chi connectivity index (χ1n) is 8.11. The van der Waals surface area contributed by atoms with Crippen LogP contribution in [0.5, 0.6) is 5.75 Å². The highest BCUT2D eigenvalue weighted by Crippen LogP contribution is 2.25. The number of methoxy groups -OCH3 is 1. The zero-order chi connectivity index (χ0) is 16.2. The molecule has 2 saturated heterocycles. The van der Waals surface area contributed by atoms with Gasteiger partial charge in [-0.15, -0.1) is 0 Å². The fraction of sp³-hybridized carbons (Fsp3) is 0.529.